The summed E-state index contributed by atoms with van der Waals surface area (Å²) < 4.78 is 16.5. The fraction of sp³-hybridized carbons (Fsp3) is 0.263. The number of carbonyl (C=O) groups is 2. The lowest BCUT2D eigenvalue weighted by molar-refractivity contribution is -0.119. The van der Waals surface area contributed by atoms with Crippen molar-refractivity contribution in [1.82, 2.24) is 0 Å². The summed E-state index contributed by atoms with van der Waals surface area (Å²) in [6, 6.07) is 15.3. The average Bonchev–Trinajstić information content (AvgIpc) is 2.61. The van der Waals surface area contributed by atoms with Gasteiger partial charge in [0.1, 0.15) is 0 Å². The van der Waals surface area contributed by atoms with Crippen molar-refractivity contribution < 1.29 is 28.7 Å². The lowest BCUT2D eigenvalue weighted by Gasteiger charge is -2.18. The number of amides is 1. The molecule has 0 heterocycles. The number of nitrogens with one attached hydrogen (secondary N) is 1. The minimum absolute atomic E-state index is 0.166. The lowest BCUT2D eigenvalue weighted by atomic mass is 10.00. The molecule has 1 amide bonds. The van der Waals surface area contributed by atoms with Crippen LogP contribution in [0.1, 0.15) is 22.8 Å². The summed E-state index contributed by atoms with van der Waals surface area (Å²) in [5.74, 6) is -2.11. The summed E-state index contributed by atoms with van der Waals surface area (Å²) >= 11 is 0. The van der Waals surface area contributed by atoms with Crippen LogP contribution in [0.4, 0.5) is 5.69 Å². The Labute approximate surface area is 157 Å². The quantitative estimate of drug-likeness (QED) is 0.471. The highest BCUT2D eigenvalue weighted by Crippen LogP contribution is 2.38. The van der Waals surface area contributed by atoms with Gasteiger partial charge in [0.05, 0.1) is 29.9 Å². The van der Waals surface area contributed by atoms with Gasteiger partial charge in [-0.05, 0) is 31.0 Å². The van der Waals surface area contributed by atoms with Gasteiger partial charge in [-0.15, -0.1) is 0 Å². The van der Waals surface area contributed by atoms with Crippen molar-refractivity contribution >= 4 is 25.2 Å². The van der Waals surface area contributed by atoms with Gasteiger partial charge in [-0.25, -0.2) is 4.79 Å². The lowest BCUT2D eigenvalue weighted by Crippen LogP contribution is -2.28. The molecule has 0 fully saturated rings. The Morgan fingerprint density at radius 3 is 2.33 bits per heavy atom. The third-order valence-electron chi connectivity index (χ3n) is 3.83. The van der Waals surface area contributed by atoms with E-state index in [1.54, 1.807) is 49.4 Å². The minimum Gasteiger partial charge on any atom is -0.462 e. The molecule has 0 aliphatic rings. The highest BCUT2D eigenvalue weighted by atomic mass is 31.2. The number of carbonyl (C=O) groups excluding carboxylic acids is 2. The highest BCUT2D eigenvalue weighted by molar-refractivity contribution is 7.51. The molecule has 2 rings (SSSR count). The molecule has 0 bridgehead atoms. The number of ether oxygens (including phenoxy) is 1. The Bertz CT molecular complexity index is 833. The van der Waals surface area contributed by atoms with E-state index in [2.05, 4.69) is 5.32 Å². The standard InChI is InChI=1S/C19H22NO6P/c1-2-26-19(22)16-10-6-7-11-17(16)20-18(21)15(13-27(23,24)25)12-14-8-4-3-5-9-14/h3-11,15H,2,12-13H2,1H3,(H,20,21)(H2,23,24,25). The molecule has 0 saturated heterocycles. The second-order valence-corrected chi connectivity index (χ2v) is 7.68. The van der Waals surface area contributed by atoms with Crippen LogP contribution in [0, 0.1) is 5.92 Å². The Morgan fingerprint density at radius 2 is 1.70 bits per heavy atom. The van der Waals surface area contributed by atoms with Crippen LogP contribution < -0.4 is 5.32 Å². The molecule has 7 nitrogen and oxygen atoms in total. The maximum atomic E-state index is 12.7. The summed E-state index contributed by atoms with van der Waals surface area (Å²) in [7, 11) is -4.41. The van der Waals surface area contributed by atoms with Crippen molar-refractivity contribution in [2.75, 3.05) is 18.1 Å². The first-order chi connectivity index (χ1) is 12.8. The third-order valence-corrected chi connectivity index (χ3v) is 4.75. The Hall–Kier alpha value is -2.47. The highest BCUT2D eigenvalue weighted by Gasteiger charge is 2.28. The molecular weight excluding hydrogens is 369 g/mol. The van der Waals surface area contributed by atoms with Crippen LogP contribution in [-0.4, -0.2) is 34.4 Å². The van der Waals surface area contributed by atoms with E-state index >= 15 is 0 Å². The Balaban J connectivity index is 2.23. The molecule has 27 heavy (non-hydrogen) atoms. The van der Waals surface area contributed by atoms with Crippen molar-refractivity contribution in [3.8, 4) is 0 Å². The Kier molecular flexibility index (Phi) is 7.30. The van der Waals surface area contributed by atoms with E-state index in [9.17, 15) is 23.9 Å². The molecule has 0 saturated carbocycles. The van der Waals surface area contributed by atoms with Gasteiger partial charge in [-0.1, -0.05) is 42.5 Å². The van der Waals surface area contributed by atoms with Crippen LogP contribution in [0.5, 0.6) is 0 Å². The molecule has 1 atom stereocenters. The summed E-state index contributed by atoms with van der Waals surface area (Å²) in [5, 5.41) is 2.61. The van der Waals surface area contributed by atoms with Crippen LogP contribution in [0.15, 0.2) is 54.6 Å². The monoisotopic (exact) mass is 391 g/mol. The molecule has 0 aliphatic carbocycles. The molecule has 0 aromatic heterocycles. The maximum absolute atomic E-state index is 12.7. The number of hydrogen-bond donors (Lipinski definition) is 3. The van der Waals surface area contributed by atoms with Gasteiger partial charge >= 0.3 is 13.6 Å². The van der Waals surface area contributed by atoms with Gasteiger partial charge < -0.3 is 19.8 Å². The molecule has 0 radical (unpaired) electrons. The summed E-state index contributed by atoms with van der Waals surface area (Å²) in [6.07, 6.45) is -0.422. The zero-order valence-electron chi connectivity index (χ0n) is 14.9. The minimum atomic E-state index is -4.41. The largest absolute Gasteiger partial charge is 0.462 e. The predicted octanol–water partition coefficient (Wildman–Crippen LogP) is 2.84. The van der Waals surface area contributed by atoms with Crippen molar-refractivity contribution in [2.45, 2.75) is 13.3 Å². The maximum Gasteiger partial charge on any atom is 0.340 e. The zero-order chi connectivity index (χ0) is 19.9. The van der Waals surface area contributed by atoms with Gasteiger partial charge in [0.15, 0.2) is 0 Å². The third kappa shape index (κ3) is 6.64. The van der Waals surface area contributed by atoms with Gasteiger partial charge in [0.2, 0.25) is 5.91 Å². The van der Waals surface area contributed by atoms with Crippen LogP contribution in [0.2, 0.25) is 0 Å². The molecule has 0 spiro atoms. The smallest absolute Gasteiger partial charge is 0.340 e. The van der Waals surface area contributed by atoms with Crippen LogP contribution in [0.3, 0.4) is 0 Å². The molecule has 8 heteroatoms. The zero-order valence-corrected chi connectivity index (χ0v) is 15.8. The van der Waals surface area contributed by atoms with Crippen LogP contribution in [-0.2, 0) is 20.5 Å². The molecule has 2 aromatic carbocycles. The van der Waals surface area contributed by atoms with E-state index in [1.165, 1.54) is 6.07 Å². The molecule has 0 aliphatic heterocycles. The normalized spacial score (nSPS) is 12.3. The number of para-hydroxylation sites is 1. The number of benzene rings is 2. The first-order valence-corrected chi connectivity index (χ1v) is 10.3. The van der Waals surface area contributed by atoms with Gasteiger partial charge in [0.25, 0.3) is 0 Å². The van der Waals surface area contributed by atoms with E-state index in [0.717, 1.165) is 5.56 Å². The first-order valence-electron chi connectivity index (χ1n) is 8.45. The number of anilines is 1. The first kappa shape index (κ1) is 20.8. The molecular formula is C19H22NO6P. The van der Waals surface area contributed by atoms with Crippen molar-refractivity contribution in [1.29, 1.82) is 0 Å². The van der Waals surface area contributed by atoms with E-state index < -0.39 is 31.6 Å². The molecule has 3 N–H and O–H groups in total. The van der Waals surface area contributed by atoms with E-state index in [1.807, 2.05) is 6.07 Å². The second kappa shape index (κ2) is 9.46. The summed E-state index contributed by atoms with van der Waals surface area (Å²) in [6.45, 7) is 1.87. The fourth-order valence-corrected chi connectivity index (χ4v) is 3.51. The number of hydrogen-bond acceptors (Lipinski definition) is 4. The van der Waals surface area contributed by atoms with E-state index in [0.29, 0.717) is 0 Å². The van der Waals surface area contributed by atoms with E-state index in [4.69, 9.17) is 4.74 Å². The summed E-state index contributed by atoms with van der Waals surface area (Å²) in [5.41, 5.74) is 1.21. The van der Waals surface area contributed by atoms with Gasteiger partial charge in [-0.2, -0.15) is 0 Å². The number of esters is 1. The SMILES string of the molecule is CCOC(=O)c1ccccc1NC(=O)C(Cc1ccccc1)CP(=O)(O)O. The topological polar surface area (TPSA) is 113 Å². The van der Waals surface area contributed by atoms with Crippen molar-refractivity contribution in [2.24, 2.45) is 5.92 Å². The van der Waals surface area contributed by atoms with Crippen LogP contribution in [0.25, 0.3) is 0 Å². The molecule has 144 valence electrons. The number of rotatable bonds is 8. The average molecular weight is 391 g/mol. The van der Waals surface area contributed by atoms with Gasteiger partial charge in [0, 0.05) is 0 Å². The van der Waals surface area contributed by atoms with Crippen molar-refractivity contribution in [3.63, 3.8) is 0 Å². The second-order valence-electron chi connectivity index (χ2n) is 5.99. The molecule has 2 aromatic rings. The van der Waals surface area contributed by atoms with Crippen molar-refractivity contribution in [3.05, 3.63) is 65.7 Å². The predicted molar refractivity (Wildman–Crippen MR) is 102 cm³/mol. The fourth-order valence-electron chi connectivity index (χ4n) is 2.64. The van der Waals surface area contributed by atoms with Crippen LogP contribution >= 0.6 is 7.60 Å². The van der Waals surface area contributed by atoms with Gasteiger partial charge in [-0.3, -0.25) is 9.36 Å². The van der Waals surface area contributed by atoms with E-state index in [-0.39, 0.29) is 24.3 Å². The summed E-state index contributed by atoms with van der Waals surface area (Å²) in [4.78, 5) is 43.5. The molecule has 1 unspecified atom stereocenters. The Morgan fingerprint density at radius 1 is 1.07 bits per heavy atom.